The van der Waals surface area contributed by atoms with E-state index in [1.165, 1.54) is 12.1 Å². The van der Waals surface area contributed by atoms with E-state index in [1.807, 2.05) is 0 Å². The van der Waals surface area contributed by atoms with Gasteiger partial charge in [0, 0.05) is 23.4 Å². The minimum atomic E-state index is -0.514. The lowest BCUT2D eigenvalue weighted by molar-refractivity contribution is -0.385. The number of nitro groups is 1. The number of rotatable bonds is 4. The van der Waals surface area contributed by atoms with Crippen LogP contribution in [0, 0.1) is 17.0 Å². The largest absolute Gasteiger partial charge is 0.508 e. The summed E-state index contributed by atoms with van der Waals surface area (Å²) >= 11 is 0. The summed E-state index contributed by atoms with van der Waals surface area (Å²) < 4.78 is 0. The van der Waals surface area contributed by atoms with Crippen molar-refractivity contribution in [1.82, 2.24) is 0 Å². The van der Waals surface area contributed by atoms with Crippen molar-refractivity contribution in [3.8, 4) is 5.75 Å². The number of para-hydroxylation sites is 1. The monoisotopic (exact) mass is 286 g/mol. The van der Waals surface area contributed by atoms with E-state index >= 15 is 0 Å². The third-order valence-corrected chi connectivity index (χ3v) is 3.03. The summed E-state index contributed by atoms with van der Waals surface area (Å²) in [4.78, 5) is 22.3. The van der Waals surface area contributed by atoms with E-state index in [1.54, 1.807) is 37.3 Å². The van der Waals surface area contributed by atoms with Gasteiger partial charge in [0.25, 0.3) is 5.69 Å². The summed E-state index contributed by atoms with van der Waals surface area (Å²) in [7, 11) is 0. The minimum Gasteiger partial charge on any atom is -0.508 e. The molecule has 0 atom stereocenters. The number of hydrogen-bond acceptors (Lipinski definition) is 4. The Morgan fingerprint density at radius 3 is 2.67 bits per heavy atom. The Labute approximate surface area is 121 Å². The molecule has 0 radical (unpaired) electrons. The molecule has 108 valence electrons. The SMILES string of the molecule is Cc1ccc(NC(=O)Cc2ccccc2[N+](=O)[O-])cc1O. The molecule has 0 unspecified atom stereocenters. The number of benzene rings is 2. The lowest BCUT2D eigenvalue weighted by Crippen LogP contribution is -2.15. The number of carbonyl (C=O) groups excluding carboxylic acids is 1. The van der Waals surface area contributed by atoms with Gasteiger partial charge in [0.05, 0.1) is 11.3 Å². The van der Waals surface area contributed by atoms with Crippen LogP contribution in [-0.2, 0) is 11.2 Å². The van der Waals surface area contributed by atoms with E-state index < -0.39 is 4.92 Å². The Hall–Kier alpha value is -2.89. The first-order valence-corrected chi connectivity index (χ1v) is 6.29. The van der Waals surface area contributed by atoms with Crippen molar-refractivity contribution < 1.29 is 14.8 Å². The van der Waals surface area contributed by atoms with Gasteiger partial charge >= 0.3 is 0 Å². The molecule has 0 saturated carbocycles. The standard InChI is InChI=1S/C15H14N2O4/c1-10-6-7-12(9-14(10)18)16-15(19)8-11-4-2-3-5-13(11)17(20)21/h2-7,9,18H,8H2,1H3,(H,16,19). The molecule has 6 heteroatoms. The number of anilines is 1. The predicted molar refractivity (Wildman–Crippen MR) is 78.3 cm³/mol. The van der Waals surface area contributed by atoms with Crippen molar-refractivity contribution in [2.75, 3.05) is 5.32 Å². The van der Waals surface area contributed by atoms with Gasteiger partial charge in [-0.05, 0) is 18.6 Å². The molecule has 2 N–H and O–H groups in total. The van der Waals surface area contributed by atoms with Crippen LogP contribution < -0.4 is 5.32 Å². The van der Waals surface area contributed by atoms with Crippen LogP contribution in [0.1, 0.15) is 11.1 Å². The van der Waals surface area contributed by atoms with E-state index in [2.05, 4.69) is 5.32 Å². The van der Waals surface area contributed by atoms with Crippen molar-refractivity contribution in [3.63, 3.8) is 0 Å². The van der Waals surface area contributed by atoms with Crippen molar-refractivity contribution in [1.29, 1.82) is 0 Å². The number of carbonyl (C=O) groups is 1. The van der Waals surface area contributed by atoms with Crippen LogP contribution in [0.3, 0.4) is 0 Å². The second-order valence-electron chi connectivity index (χ2n) is 4.61. The Kier molecular flexibility index (Phi) is 4.18. The van der Waals surface area contributed by atoms with Gasteiger partial charge in [-0.15, -0.1) is 0 Å². The van der Waals surface area contributed by atoms with Gasteiger partial charge in [0.15, 0.2) is 0 Å². The number of hydrogen-bond donors (Lipinski definition) is 2. The lowest BCUT2D eigenvalue weighted by atomic mass is 10.1. The molecule has 6 nitrogen and oxygen atoms in total. The lowest BCUT2D eigenvalue weighted by Gasteiger charge is -2.07. The predicted octanol–water partition coefficient (Wildman–Crippen LogP) is 2.79. The number of nitro benzene ring substituents is 1. The van der Waals surface area contributed by atoms with Gasteiger partial charge in [-0.2, -0.15) is 0 Å². The molecule has 0 bridgehead atoms. The molecule has 2 aromatic carbocycles. The van der Waals surface area contributed by atoms with E-state index in [9.17, 15) is 20.0 Å². The Balaban J connectivity index is 2.12. The van der Waals surface area contributed by atoms with Gasteiger partial charge in [0.2, 0.25) is 5.91 Å². The fourth-order valence-electron chi connectivity index (χ4n) is 1.90. The molecule has 0 fully saturated rings. The number of nitrogens with zero attached hydrogens (tertiary/aromatic N) is 1. The van der Waals surface area contributed by atoms with Crippen LogP contribution in [0.25, 0.3) is 0 Å². The van der Waals surface area contributed by atoms with Crippen molar-refractivity contribution in [2.24, 2.45) is 0 Å². The molecule has 0 aliphatic rings. The second-order valence-corrected chi connectivity index (χ2v) is 4.61. The first kappa shape index (κ1) is 14.5. The molecular formula is C15H14N2O4. The summed E-state index contributed by atoms with van der Waals surface area (Å²) in [6.07, 6.45) is -0.105. The molecule has 2 rings (SSSR count). The first-order chi connectivity index (χ1) is 9.97. The van der Waals surface area contributed by atoms with Gasteiger partial charge in [0.1, 0.15) is 5.75 Å². The highest BCUT2D eigenvalue weighted by atomic mass is 16.6. The van der Waals surface area contributed by atoms with Gasteiger partial charge in [-0.1, -0.05) is 24.3 Å². The highest BCUT2D eigenvalue weighted by Crippen LogP contribution is 2.22. The topological polar surface area (TPSA) is 92.5 Å². The number of nitrogens with one attached hydrogen (secondary N) is 1. The van der Waals surface area contributed by atoms with Gasteiger partial charge in [-0.25, -0.2) is 0 Å². The summed E-state index contributed by atoms with van der Waals surface area (Å²) in [6, 6.07) is 10.9. The molecule has 0 spiro atoms. The van der Waals surface area contributed by atoms with E-state index in [4.69, 9.17) is 0 Å². The average Bonchev–Trinajstić information content (AvgIpc) is 2.43. The van der Waals surface area contributed by atoms with Crippen molar-refractivity contribution >= 4 is 17.3 Å². The van der Waals surface area contributed by atoms with Crippen LogP contribution in [0.2, 0.25) is 0 Å². The van der Waals surface area contributed by atoms with Crippen LogP contribution in [-0.4, -0.2) is 15.9 Å². The molecule has 1 amide bonds. The molecule has 0 saturated heterocycles. The van der Waals surface area contributed by atoms with E-state index in [0.717, 1.165) is 0 Å². The van der Waals surface area contributed by atoms with Crippen molar-refractivity contribution in [2.45, 2.75) is 13.3 Å². The minimum absolute atomic E-state index is 0.0819. The van der Waals surface area contributed by atoms with E-state index in [0.29, 0.717) is 16.8 Å². The first-order valence-electron chi connectivity index (χ1n) is 6.29. The Bertz CT molecular complexity index is 698. The quantitative estimate of drug-likeness (QED) is 0.667. The third kappa shape index (κ3) is 3.56. The maximum Gasteiger partial charge on any atom is 0.273 e. The number of phenolic OH excluding ortho intramolecular Hbond substituents is 1. The molecule has 21 heavy (non-hydrogen) atoms. The summed E-state index contributed by atoms with van der Waals surface area (Å²) in [5, 5.41) is 23.1. The highest BCUT2D eigenvalue weighted by molar-refractivity contribution is 5.93. The molecule has 0 aliphatic heterocycles. The summed E-state index contributed by atoms with van der Waals surface area (Å²) in [5.41, 5.74) is 1.41. The Morgan fingerprint density at radius 1 is 1.29 bits per heavy atom. The summed E-state index contributed by atoms with van der Waals surface area (Å²) in [5.74, 6) is -0.300. The third-order valence-electron chi connectivity index (χ3n) is 3.03. The van der Waals surface area contributed by atoms with Crippen LogP contribution in [0.15, 0.2) is 42.5 Å². The number of aryl methyl sites for hydroxylation is 1. The number of phenols is 1. The van der Waals surface area contributed by atoms with Crippen LogP contribution >= 0.6 is 0 Å². The zero-order valence-electron chi connectivity index (χ0n) is 11.4. The van der Waals surface area contributed by atoms with E-state index in [-0.39, 0.29) is 23.8 Å². The van der Waals surface area contributed by atoms with Gasteiger partial charge < -0.3 is 10.4 Å². The molecular weight excluding hydrogens is 272 g/mol. The smallest absolute Gasteiger partial charge is 0.273 e. The average molecular weight is 286 g/mol. The fraction of sp³-hybridized carbons (Fsp3) is 0.133. The maximum atomic E-state index is 11.9. The highest BCUT2D eigenvalue weighted by Gasteiger charge is 2.15. The van der Waals surface area contributed by atoms with Crippen LogP contribution in [0.4, 0.5) is 11.4 Å². The molecule has 0 heterocycles. The number of aromatic hydroxyl groups is 1. The molecule has 2 aromatic rings. The van der Waals surface area contributed by atoms with Gasteiger partial charge in [-0.3, -0.25) is 14.9 Å². The zero-order valence-corrected chi connectivity index (χ0v) is 11.4. The normalized spacial score (nSPS) is 10.1. The summed E-state index contributed by atoms with van der Waals surface area (Å²) in [6.45, 7) is 1.74. The second kappa shape index (κ2) is 6.04. The number of amides is 1. The Morgan fingerprint density at radius 2 is 2.00 bits per heavy atom. The van der Waals surface area contributed by atoms with Crippen LogP contribution in [0.5, 0.6) is 5.75 Å². The fourth-order valence-corrected chi connectivity index (χ4v) is 1.90. The van der Waals surface area contributed by atoms with Crippen molar-refractivity contribution in [3.05, 3.63) is 63.7 Å². The maximum absolute atomic E-state index is 11.9. The molecule has 0 aliphatic carbocycles. The molecule has 0 aromatic heterocycles. The zero-order chi connectivity index (χ0) is 15.4.